The number of sulfone groups is 1. The normalized spacial score (nSPS) is 20.3. The number of aliphatic hydroxyl groups is 1. The number of alkyl halides is 5. The van der Waals surface area contributed by atoms with E-state index in [1.165, 1.54) is 16.8 Å². The molecule has 2 aromatic rings. The Morgan fingerprint density at radius 2 is 1.88 bits per heavy atom. The lowest BCUT2D eigenvalue weighted by Crippen LogP contribution is -2.47. The topological polar surface area (TPSA) is 111 Å². The van der Waals surface area contributed by atoms with Crippen molar-refractivity contribution in [2.24, 2.45) is 5.41 Å². The minimum absolute atomic E-state index is 0.00464. The summed E-state index contributed by atoms with van der Waals surface area (Å²) in [5.74, 6) is -1.20. The van der Waals surface area contributed by atoms with Crippen molar-refractivity contribution in [1.82, 2.24) is 15.1 Å². The number of amides is 1. The van der Waals surface area contributed by atoms with Crippen LogP contribution in [-0.2, 0) is 22.8 Å². The molecule has 15 heteroatoms. The number of nitrogens with zero attached hydrogens (tertiary/aromatic N) is 2. The van der Waals surface area contributed by atoms with Gasteiger partial charge in [0, 0.05) is 24.9 Å². The van der Waals surface area contributed by atoms with Crippen molar-refractivity contribution in [3.05, 3.63) is 34.5 Å². The lowest BCUT2D eigenvalue weighted by Gasteiger charge is -2.35. The third-order valence-electron chi connectivity index (χ3n) is 7.39. The lowest BCUT2D eigenvalue weighted by molar-refractivity contribution is -0.211. The van der Waals surface area contributed by atoms with Gasteiger partial charge in [-0.05, 0) is 56.7 Å². The maximum atomic E-state index is 13.4. The number of ether oxygens (including phenoxy) is 1. The molecule has 1 amide bonds. The number of benzene rings is 1. The molecule has 1 aliphatic rings. The van der Waals surface area contributed by atoms with E-state index in [1.807, 2.05) is 0 Å². The summed E-state index contributed by atoms with van der Waals surface area (Å²) in [7, 11) is -3.25. The molecule has 0 spiro atoms. The summed E-state index contributed by atoms with van der Waals surface area (Å²) in [4.78, 5) is 13.0. The predicted molar refractivity (Wildman–Crippen MR) is 143 cm³/mol. The van der Waals surface area contributed by atoms with Crippen molar-refractivity contribution in [3.63, 3.8) is 0 Å². The first-order chi connectivity index (χ1) is 18.8. The maximum Gasteiger partial charge on any atom is 0.394 e. The number of aromatic nitrogens is 2. The summed E-state index contributed by atoms with van der Waals surface area (Å²) in [6, 6.07) is 3.71. The first kappa shape index (κ1) is 33.1. The SMILES string of the molecule is CCn1nc(C(=O)NC[C@]2(O)CC[C@H](S(C)(=O)=O)CC2)c(Cl)c1-c1ccc(CC(C)(C)C(F)(F)F)cc1OC(F)F. The van der Waals surface area contributed by atoms with Crippen LogP contribution in [0.2, 0.25) is 5.02 Å². The zero-order valence-corrected chi connectivity index (χ0v) is 24.6. The smallest absolute Gasteiger partial charge is 0.394 e. The summed E-state index contributed by atoms with van der Waals surface area (Å²) in [6.45, 7) is 0.308. The molecule has 1 aromatic heterocycles. The van der Waals surface area contributed by atoms with Crippen molar-refractivity contribution in [2.45, 2.75) is 83.1 Å². The second kappa shape index (κ2) is 12.0. The molecular weight excluding hydrogens is 597 g/mol. The van der Waals surface area contributed by atoms with E-state index in [-0.39, 0.29) is 66.3 Å². The van der Waals surface area contributed by atoms with Crippen LogP contribution in [0.25, 0.3) is 11.3 Å². The standard InChI is InChI=1S/C26H33ClF5N3O5S/c1-5-35-21(17-7-6-15(12-18(17)40-23(28)29)13-24(2,3)26(30,31)32)19(27)20(34-35)22(36)33-14-25(37)10-8-16(9-11-25)41(4,38)39/h6-7,12,16,23,37H,5,8-11,13-14H2,1-4H3,(H,33,36)/t16-,25-. The number of hydrogen-bond acceptors (Lipinski definition) is 6. The number of nitrogens with one attached hydrogen (secondary N) is 1. The quantitative estimate of drug-likeness (QED) is 0.341. The van der Waals surface area contributed by atoms with Crippen molar-refractivity contribution in [1.29, 1.82) is 0 Å². The fraction of sp³-hybridized carbons (Fsp3) is 0.615. The Morgan fingerprint density at radius 1 is 1.27 bits per heavy atom. The molecule has 0 radical (unpaired) electrons. The van der Waals surface area contributed by atoms with E-state index in [0.29, 0.717) is 0 Å². The third kappa shape index (κ3) is 7.69. The molecule has 1 aliphatic carbocycles. The molecule has 1 heterocycles. The van der Waals surface area contributed by atoms with Crippen LogP contribution in [0.3, 0.4) is 0 Å². The minimum atomic E-state index is -4.54. The number of carbonyl (C=O) groups is 1. The summed E-state index contributed by atoms with van der Waals surface area (Å²) in [6.07, 6.45) is -3.12. The molecule has 230 valence electrons. The highest BCUT2D eigenvalue weighted by molar-refractivity contribution is 7.91. The third-order valence-corrected chi connectivity index (χ3v) is 9.43. The summed E-state index contributed by atoms with van der Waals surface area (Å²) < 4.78 is 96.4. The second-order valence-corrected chi connectivity index (χ2v) is 13.7. The number of halogens is 6. The number of aryl methyl sites for hydroxylation is 1. The van der Waals surface area contributed by atoms with Crippen molar-refractivity contribution >= 4 is 27.3 Å². The van der Waals surface area contributed by atoms with Gasteiger partial charge in [0.05, 0.1) is 27.0 Å². The highest BCUT2D eigenvalue weighted by atomic mass is 35.5. The Morgan fingerprint density at radius 3 is 2.39 bits per heavy atom. The molecule has 41 heavy (non-hydrogen) atoms. The molecule has 2 N–H and O–H groups in total. The van der Waals surface area contributed by atoms with Crippen LogP contribution < -0.4 is 10.1 Å². The molecule has 8 nitrogen and oxygen atoms in total. The van der Waals surface area contributed by atoms with E-state index in [9.17, 15) is 40.3 Å². The first-order valence-electron chi connectivity index (χ1n) is 12.9. The monoisotopic (exact) mass is 629 g/mol. The average molecular weight is 630 g/mol. The summed E-state index contributed by atoms with van der Waals surface area (Å²) >= 11 is 6.51. The Hall–Kier alpha value is -2.45. The van der Waals surface area contributed by atoms with Crippen LogP contribution in [0, 0.1) is 5.41 Å². The molecule has 0 unspecified atom stereocenters. The van der Waals surface area contributed by atoms with Gasteiger partial charge in [-0.3, -0.25) is 9.48 Å². The lowest BCUT2D eigenvalue weighted by atomic mass is 9.84. The van der Waals surface area contributed by atoms with E-state index in [2.05, 4.69) is 15.2 Å². The first-order valence-corrected chi connectivity index (χ1v) is 15.2. The van der Waals surface area contributed by atoms with Crippen molar-refractivity contribution in [3.8, 4) is 17.0 Å². The summed E-state index contributed by atoms with van der Waals surface area (Å²) in [5, 5.41) is 16.8. The van der Waals surface area contributed by atoms with Gasteiger partial charge in [-0.25, -0.2) is 8.42 Å². The van der Waals surface area contributed by atoms with Gasteiger partial charge in [-0.1, -0.05) is 31.5 Å². The molecule has 1 aromatic carbocycles. The maximum absolute atomic E-state index is 13.4. The van der Waals surface area contributed by atoms with E-state index >= 15 is 0 Å². The van der Waals surface area contributed by atoms with Crippen LogP contribution in [0.5, 0.6) is 5.75 Å². The Kier molecular flexibility index (Phi) is 9.71. The van der Waals surface area contributed by atoms with Gasteiger partial charge < -0.3 is 15.2 Å². The average Bonchev–Trinajstić information content (AvgIpc) is 3.17. The molecule has 0 aliphatic heterocycles. The number of hydrogen-bond donors (Lipinski definition) is 2. The van der Waals surface area contributed by atoms with Crippen molar-refractivity contribution < 1.29 is 45.0 Å². The molecule has 1 saturated carbocycles. The van der Waals surface area contributed by atoms with Crippen LogP contribution in [0.4, 0.5) is 22.0 Å². The van der Waals surface area contributed by atoms with E-state index in [1.54, 1.807) is 6.92 Å². The van der Waals surface area contributed by atoms with Gasteiger partial charge in [-0.15, -0.1) is 0 Å². The van der Waals surface area contributed by atoms with Gasteiger partial charge in [0.2, 0.25) is 0 Å². The Labute approximate surface area is 240 Å². The molecule has 3 rings (SSSR count). The Bertz CT molecular complexity index is 1370. The molecule has 1 fully saturated rings. The second-order valence-electron chi connectivity index (χ2n) is 11.0. The highest BCUT2D eigenvalue weighted by Crippen LogP contribution is 2.43. The van der Waals surface area contributed by atoms with Crippen molar-refractivity contribution in [2.75, 3.05) is 12.8 Å². The van der Waals surface area contributed by atoms with E-state index in [0.717, 1.165) is 26.2 Å². The summed E-state index contributed by atoms with van der Waals surface area (Å²) in [5.41, 5.74) is -3.60. The minimum Gasteiger partial charge on any atom is -0.434 e. The molecule has 0 bridgehead atoms. The van der Waals surface area contributed by atoms with Crippen LogP contribution in [-0.4, -0.2) is 65.7 Å². The number of rotatable bonds is 10. The van der Waals surface area contributed by atoms with Gasteiger partial charge in [0.1, 0.15) is 15.6 Å². The molecular formula is C26H33ClF5N3O5S. The van der Waals surface area contributed by atoms with Crippen LogP contribution >= 0.6 is 11.6 Å². The zero-order chi connectivity index (χ0) is 31.0. The van der Waals surface area contributed by atoms with Gasteiger partial charge >= 0.3 is 12.8 Å². The van der Waals surface area contributed by atoms with Gasteiger partial charge in [-0.2, -0.15) is 27.1 Å². The largest absolute Gasteiger partial charge is 0.434 e. The molecule has 0 saturated heterocycles. The van der Waals surface area contributed by atoms with Gasteiger partial charge in [0.25, 0.3) is 5.91 Å². The Balaban J connectivity index is 1.89. The highest BCUT2D eigenvalue weighted by Gasteiger charge is 2.47. The fourth-order valence-electron chi connectivity index (χ4n) is 4.81. The molecule has 0 atom stereocenters. The fourth-order valence-corrected chi connectivity index (χ4v) is 6.22. The van der Waals surface area contributed by atoms with Gasteiger partial charge in [0.15, 0.2) is 5.69 Å². The van der Waals surface area contributed by atoms with Crippen LogP contribution in [0.1, 0.15) is 62.5 Å². The zero-order valence-electron chi connectivity index (χ0n) is 23.0. The van der Waals surface area contributed by atoms with E-state index < -0.39 is 57.0 Å². The predicted octanol–water partition coefficient (Wildman–Crippen LogP) is 5.40. The van der Waals surface area contributed by atoms with Crippen LogP contribution in [0.15, 0.2) is 18.2 Å². The van der Waals surface area contributed by atoms with E-state index in [4.69, 9.17) is 11.6 Å². The number of carbonyl (C=O) groups excluding carboxylic acids is 1.